The summed E-state index contributed by atoms with van der Waals surface area (Å²) in [6.45, 7) is 6.09. The van der Waals surface area contributed by atoms with E-state index in [0.717, 1.165) is 44.2 Å². The van der Waals surface area contributed by atoms with Crippen molar-refractivity contribution in [2.24, 2.45) is 35.5 Å². The lowest BCUT2D eigenvalue weighted by atomic mass is 9.80. The van der Waals surface area contributed by atoms with Crippen LogP contribution in [-0.2, 0) is 9.59 Å². The van der Waals surface area contributed by atoms with Crippen LogP contribution in [0.3, 0.4) is 0 Å². The zero-order valence-corrected chi connectivity index (χ0v) is 33.3. The molecule has 2 N–H and O–H groups in total. The molecule has 5 fully saturated rings. The summed E-state index contributed by atoms with van der Waals surface area (Å²) in [5.74, 6) is 59.7. The van der Waals surface area contributed by atoms with Gasteiger partial charge in [-0.15, -0.1) is 5.53 Å². The second-order valence-corrected chi connectivity index (χ2v) is 14.1. The monoisotopic (exact) mass is 794 g/mol. The first kappa shape index (κ1) is 47.3. The Morgan fingerprint density at radius 1 is 0.603 bits per heavy atom. The largest absolute Gasteiger partial charge is 0.351 e. The number of fused-ring (bicyclic) bond motifs is 1. The van der Waals surface area contributed by atoms with Crippen LogP contribution in [0.2, 0.25) is 0 Å². The summed E-state index contributed by atoms with van der Waals surface area (Å²) >= 11 is 0. The van der Waals surface area contributed by atoms with Gasteiger partial charge in [-0.25, -0.2) is 0 Å². The van der Waals surface area contributed by atoms with E-state index in [2.05, 4.69) is 140 Å². The maximum absolute atomic E-state index is 13.0. The van der Waals surface area contributed by atoms with Crippen LogP contribution in [0.4, 0.5) is 0 Å². The van der Waals surface area contributed by atoms with Crippen molar-refractivity contribution in [2.75, 3.05) is 19.6 Å². The maximum atomic E-state index is 13.0. The standard InChI is InChI=1S/C25H40N2O2.C24H6.HN3.O2.12H2/c28-23(16-27-13-11-18(12-14-27)17-5-1-2-6-17)26-24-21-8-4-3-7-20(21)15-22(24)25(29)19-9-10-19;1-3-5-7-9-11-13-15-17-19-21-23-24-22-20-18-16-14-12-10-8-6-4-2;1-3-2;1-2;;;;;;;;;;;;/h17-22,24H,1-16H2,(H,26,28);1-2H3;1H;;12*1H. The second kappa shape index (κ2) is 30.4. The molecule has 58 heavy (non-hydrogen) atoms. The van der Waals surface area contributed by atoms with Crippen LogP contribution in [-0.4, -0.2) is 42.3 Å². The minimum absolute atomic E-state index is 0. The molecule has 0 aromatic carbocycles. The van der Waals surface area contributed by atoms with E-state index in [-0.39, 0.29) is 35.0 Å². The highest BCUT2D eigenvalue weighted by Gasteiger charge is 2.50. The highest BCUT2D eigenvalue weighted by Crippen LogP contribution is 2.48. The summed E-state index contributed by atoms with van der Waals surface area (Å²) in [7, 11) is 0. The van der Waals surface area contributed by atoms with Crippen LogP contribution in [0, 0.1) is 181 Å². The number of hydrogen-bond donors (Lipinski definition) is 2. The number of Topliss-reactive ketones (excluding diaryl/α,β-unsaturated/α-hetero) is 1. The Bertz CT molecular complexity index is 2130. The topological polar surface area (TPSA) is 144 Å². The molecule has 0 radical (unpaired) electrons. The van der Waals surface area contributed by atoms with Crippen LogP contribution >= 0.6 is 0 Å². The molecule has 1 heterocycles. The normalized spacial score (nSPS) is 20.2. The molecule has 0 aromatic heterocycles. The third-order valence-electron chi connectivity index (χ3n) is 10.6. The Kier molecular flexibility index (Phi) is 24.8. The predicted octanol–water partition coefficient (Wildman–Crippen LogP) is 9.14. The molecule has 1 saturated heterocycles. The lowest BCUT2D eigenvalue weighted by molar-refractivity contribution is -0.127. The van der Waals surface area contributed by atoms with Crippen molar-refractivity contribution in [1.82, 2.24) is 10.2 Å². The number of amides is 1. The highest BCUT2D eigenvalue weighted by molar-refractivity contribution is 5.87. The molecule has 9 heteroatoms. The number of carbonyl (C=O) groups excluding carboxylic acids is 2. The quantitative estimate of drug-likeness (QED) is 0.119. The Balaban J connectivity index is -0.0000000885. The van der Waals surface area contributed by atoms with Gasteiger partial charge in [0.05, 0.1) is 6.54 Å². The first-order valence-corrected chi connectivity index (χ1v) is 19.6. The fourth-order valence-corrected chi connectivity index (χ4v) is 8.08. The lowest BCUT2D eigenvalue weighted by Crippen LogP contribution is -2.49. The van der Waals surface area contributed by atoms with Gasteiger partial charge in [0.2, 0.25) is 5.91 Å². The number of hydrogen-bond acceptors (Lipinski definition) is 6. The first-order chi connectivity index (χ1) is 28.5. The molecular weight excluding hydrogens is 723 g/mol. The average molecular weight is 794 g/mol. The van der Waals surface area contributed by atoms with E-state index in [1.807, 2.05) is 0 Å². The minimum Gasteiger partial charge on any atom is -0.351 e. The Hall–Kier alpha value is -6.83. The molecule has 1 aliphatic heterocycles. The van der Waals surface area contributed by atoms with Gasteiger partial charge in [-0.1, -0.05) is 56.8 Å². The maximum Gasteiger partial charge on any atom is 0.234 e. The molecule has 1 amide bonds. The number of nitrogens with zero attached hydrogens (tertiary/aromatic N) is 3. The molecule has 0 bridgehead atoms. The summed E-state index contributed by atoms with van der Waals surface area (Å²) in [6.07, 6.45) is 16.5. The van der Waals surface area contributed by atoms with E-state index >= 15 is 0 Å². The van der Waals surface area contributed by atoms with E-state index in [0.29, 0.717) is 30.1 Å². The smallest absolute Gasteiger partial charge is 0.234 e. The molecule has 5 aliphatic rings. The van der Waals surface area contributed by atoms with Crippen LogP contribution < -0.4 is 5.32 Å². The van der Waals surface area contributed by atoms with Crippen LogP contribution in [0.15, 0.2) is 0 Å². The molecular formula is C49H71N5O4. The summed E-state index contributed by atoms with van der Waals surface area (Å²) in [5.41, 5.74) is 12.2. The van der Waals surface area contributed by atoms with Gasteiger partial charge >= 0.3 is 0 Å². The van der Waals surface area contributed by atoms with Gasteiger partial charge < -0.3 is 5.32 Å². The van der Waals surface area contributed by atoms with Crippen molar-refractivity contribution in [3.8, 4) is 130 Å². The van der Waals surface area contributed by atoms with Gasteiger partial charge in [-0.05, 0) is 194 Å². The Labute approximate surface area is 363 Å². The van der Waals surface area contributed by atoms with Gasteiger partial charge in [-0.3, -0.25) is 14.5 Å². The molecule has 5 rings (SSSR count). The van der Waals surface area contributed by atoms with Crippen molar-refractivity contribution < 1.29 is 26.7 Å². The number of carbonyl (C=O) groups is 2. The van der Waals surface area contributed by atoms with E-state index in [9.17, 15) is 9.59 Å². The minimum atomic E-state index is 0. The fraction of sp³-hybridized carbons (Fsp3) is 0.510. The van der Waals surface area contributed by atoms with Crippen molar-refractivity contribution >= 4 is 11.7 Å². The summed E-state index contributed by atoms with van der Waals surface area (Å²) in [6, 6.07) is 0.122. The van der Waals surface area contributed by atoms with Crippen molar-refractivity contribution in [2.45, 2.75) is 103 Å². The van der Waals surface area contributed by atoms with Gasteiger partial charge in [0.1, 0.15) is 5.78 Å². The first-order valence-electron chi connectivity index (χ1n) is 19.6. The lowest BCUT2D eigenvalue weighted by Gasteiger charge is -2.35. The zero-order chi connectivity index (χ0) is 42.1. The summed E-state index contributed by atoms with van der Waals surface area (Å²) in [5, 5.41) is 3.40. The van der Waals surface area contributed by atoms with Crippen molar-refractivity contribution in [3.05, 3.63) is 20.4 Å². The van der Waals surface area contributed by atoms with E-state index in [1.54, 1.807) is 18.8 Å². The molecule has 4 unspecified atom stereocenters. The highest BCUT2D eigenvalue weighted by atomic mass is 16.7. The molecule has 4 saturated carbocycles. The predicted molar refractivity (Wildman–Crippen MR) is 253 cm³/mol. The van der Waals surface area contributed by atoms with Crippen molar-refractivity contribution in [1.29, 1.82) is 5.53 Å². The van der Waals surface area contributed by atoms with E-state index in [4.69, 9.17) is 21.0 Å². The average Bonchev–Trinajstić information content (AvgIpc) is 3.83. The fourth-order valence-electron chi connectivity index (χ4n) is 8.08. The van der Waals surface area contributed by atoms with Crippen LogP contribution in [0.5, 0.6) is 0 Å². The molecule has 0 spiro atoms. The Morgan fingerprint density at radius 2 is 0.966 bits per heavy atom. The SMILES string of the molecule is CC#CC#CC#CC#CC#CC#CC#CC#CC#CC#CC#CC.O=C(CN1CCC(C2CCCC2)CC1)NC1C(C(=O)C2CC2)CC2CCCCC21.O=O.[HH].[HH].[HH].[HH].[HH].[HH].[HH].[HH].[HH].[HH].[HH].[HH].[N-]=[N+]=N. The molecule has 0 aromatic rings. The number of ketones is 1. The third-order valence-corrected chi connectivity index (χ3v) is 10.6. The van der Waals surface area contributed by atoms with Crippen LogP contribution in [0.25, 0.3) is 10.4 Å². The van der Waals surface area contributed by atoms with Gasteiger partial charge in [-0.2, -0.15) is 0 Å². The van der Waals surface area contributed by atoms with Gasteiger partial charge in [0.15, 0.2) is 0 Å². The number of piperidine rings is 1. The third kappa shape index (κ3) is 19.2. The van der Waals surface area contributed by atoms with E-state index < -0.39 is 0 Å². The number of nitrogens with one attached hydrogen (secondary N) is 2. The summed E-state index contributed by atoms with van der Waals surface area (Å²) in [4.78, 5) is 44.0. The van der Waals surface area contributed by atoms with Crippen LogP contribution in [0.1, 0.15) is 114 Å². The molecule has 316 valence electrons. The zero-order valence-electron chi connectivity index (χ0n) is 33.3. The Morgan fingerprint density at radius 3 is 1.36 bits per heavy atom. The number of rotatable bonds is 6. The van der Waals surface area contributed by atoms with E-state index in [1.165, 1.54) is 64.2 Å². The van der Waals surface area contributed by atoms with Crippen molar-refractivity contribution in [3.63, 3.8) is 0 Å². The second-order valence-electron chi connectivity index (χ2n) is 14.1. The number of likely N-dealkylation sites (tertiary alicyclic amines) is 1. The van der Waals surface area contributed by atoms with Gasteiger partial charge in [0, 0.05) is 68.6 Å². The summed E-state index contributed by atoms with van der Waals surface area (Å²) < 4.78 is 0. The van der Waals surface area contributed by atoms with Gasteiger partial charge in [0.25, 0.3) is 0 Å². The molecule has 9 nitrogen and oxygen atoms in total. The molecule has 4 atom stereocenters. The molecule has 4 aliphatic carbocycles.